The third-order valence-corrected chi connectivity index (χ3v) is 3.71. The van der Waals surface area contributed by atoms with E-state index in [4.69, 9.17) is 19.7 Å². The van der Waals surface area contributed by atoms with Crippen molar-refractivity contribution in [3.05, 3.63) is 29.8 Å². The molecule has 122 valence electrons. The normalized spacial score (nSPS) is 31.2. The van der Waals surface area contributed by atoms with Crippen LogP contribution in [0.15, 0.2) is 24.3 Å². The number of rotatable bonds is 6. The first-order chi connectivity index (χ1) is 10.4. The van der Waals surface area contributed by atoms with Gasteiger partial charge in [-0.3, -0.25) is 0 Å². The lowest BCUT2D eigenvalue weighted by atomic mass is 10.0. The summed E-state index contributed by atoms with van der Waals surface area (Å²) in [5.41, 5.74) is 0.379. The van der Waals surface area contributed by atoms with E-state index in [0.29, 0.717) is 5.69 Å². The number of aromatic carboxylic acids is 1. The van der Waals surface area contributed by atoms with Crippen molar-refractivity contribution >= 4 is 11.7 Å². The van der Waals surface area contributed by atoms with Crippen molar-refractivity contribution in [3.63, 3.8) is 0 Å². The van der Waals surface area contributed by atoms with E-state index in [0.717, 1.165) is 0 Å². The van der Waals surface area contributed by atoms with Crippen LogP contribution in [0.4, 0.5) is 5.69 Å². The number of hydrogen-bond acceptors (Lipinski definition) is 7. The van der Waals surface area contributed by atoms with E-state index in [-0.39, 0.29) is 12.1 Å². The first-order valence-electron chi connectivity index (χ1n) is 6.71. The molecule has 1 fully saturated rings. The molecule has 4 atom stereocenters. The highest BCUT2D eigenvalue weighted by atomic mass is 16.7. The van der Waals surface area contributed by atoms with Crippen LogP contribution in [0.5, 0.6) is 0 Å². The maximum absolute atomic E-state index is 11.2. The third-order valence-electron chi connectivity index (χ3n) is 3.71. The zero-order valence-corrected chi connectivity index (χ0v) is 12.0. The second-order valence-corrected chi connectivity index (χ2v) is 4.99. The number of ether oxygens (including phenoxy) is 2. The molecule has 2 rings (SSSR count). The van der Waals surface area contributed by atoms with Crippen molar-refractivity contribution in [2.75, 3.05) is 25.6 Å². The molecule has 5 N–H and O–H groups in total. The van der Waals surface area contributed by atoms with Crippen LogP contribution in [-0.2, 0) is 9.47 Å². The molecule has 1 aliphatic heterocycles. The van der Waals surface area contributed by atoms with Gasteiger partial charge < -0.3 is 35.2 Å². The minimum Gasteiger partial charge on any atom is -0.478 e. The molecule has 0 unspecified atom stereocenters. The van der Waals surface area contributed by atoms with Gasteiger partial charge in [-0.1, -0.05) is 12.1 Å². The fourth-order valence-electron chi connectivity index (χ4n) is 2.43. The van der Waals surface area contributed by atoms with Gasteiger partial charge in [0.15, 0.2) is 0 Å². The first-order valence-corrected chi connectivity index (χ1v) is 6.71. The quantitative estimate of drug-likeness (QED) is 0.464. The van der Waals surface area contributed by atoms with E-state index in [1.165, 1.54) is 13.2 Å². The molecule has 8 heteroatoms. The predicted molar refractivity (Wildman–Crippen MR) is 75.6 cm³/mol. The predicted octanol–water partition coefficient (Wildman–Crippen LogP) is -0.748. The van der Waals surface area contributed by atoms with Crippen LogP contribution in [-0.4, -0.2) is 70.8 Å². The van der Waals surface area contributed by atoms with Crippen LogP contribution in [0.25, 0.3) is 0 Å². The van der Waals surface area contributed by atoms with Crippen LogP contribution in [0.1, 0.15) is 10.4 Å². The van der Waals surface area contributed by atoms with Crippen LogP contribution in [0, 0.1) is 0 Å². The van der Waals surface area contributed by atoms with Gasteiger partial charge in [0.1, 0.15) is 18.3 Å². The molecule has 1 aromatic rings. The Kier molecular flexibility index (Phi) is 4.99. The maximum Gasteiger partial charge on any atom is 0.337 e. The lowest BCUT2D eigenvalue weighted by Gasteiger charge is -2.31. The number of hydrogen-bond donors (Lipinski definition) is 5. The van der Waals surface area contributed by atoms with E-state index >= 15 is 0 Å². The van der Waals surface area contributed by atoms with Crippen molar-refractivity contribution < 1.29 is 34.7 Å². The summed E-state index contributed by atoms with van der Waals surface area (Å²) < 4.78 is 10.6. The van der Waals surface area contributed by atoms with Crippen molar-refractivity contribution in [2.24, 2.45) is 0 Å². The van der Waals surface area contributed by atoms with E-state index in [2.05, 4.69) is 5.32 Å². The summed E-state index contributed by atoms with van der Waals surface area (Å²) in [5, 5.41) is 41.0. The monoisotopic (exact) mass is 313 g/mol. The van der Waals surface area contributed by atoms with E-state index in [1.54, 1.807) is 18.2 Å². The van der Waals surface area contributed by atoms with Gasteiger partial charge in [-0.2, -0.15) is 0 Å². The molecule has 1 saturated heterocycles. The number of carboxylic acids is 1. The molecule has 1 heterocycles. The SMILES string of the molecule is CO[C@@]1(CNc2ccccc2C(=O)O)O[C@H](CO)[C@@H](O)[C@@H]1O. The smallest absolute Gasteiger partial charge is 0.337 e. The lowest BCUT2D eigenvalue weighted by molar-refractivity contribution is -0.238. The van der Waals surface area contributed by atoms with Gasteiger partial charge in [0.2, 0.25) is 5.79 Å². The van der Waals surface area contributed by atoms with Crippen LogP contribution in [0.3, 0.4) is 0 Å². The summed E-state index contributed by atoms with van der Waals surface area (Å²) in [6.45, 7) is -0.586. The lowest BCUT2D eigenvalue weighted by Crippen LogP contribution is -2.50. The highest BCUT2D eigenvalue weighted by molar-refractivity contribution is 5.94. The molecule has 0 aromatic heterocycles. The summed E-state index contributed by atoms with van der Waals surface area (Å²) >= 11 is 0. The van der Waals surface area contributed by atoms with Crippen LogP contribution < -0.4 is 5.32 Å². The van der Waals surface area contributed by atoms with Gasteiger partial charge in [-0.15, -0.1) is 0 Å². The minimum atomic E-state index is -1.58. The Morgan fingerprint density at radius 1 is 1.41 bits per heavy atom. The Labute approximate surface area is 126 Å². The molecule has 8 nitrogen and oxygen atoms in total. The third kappa shape index (κ3) is 2.92. The molecular weight excluding hydrogens is 294 g/mol. The summed E-state index contributed by atoms with van der Waals surface area (Å²) in [4.78, 5) is 11.2. The molecule has 0 saturated carbocycles. The van der Waals surface area contributed by atoms with Crippen molar-refractivity contribution in [1.82, 2.24) is 0 Å². The summed E-state index contributed by atoms with van der Waals surface area (Å²) in [6, 6.07) is 6.24. The Bertz CT molecular complexity index is 538. The molecule has 0 bridgehead atoms. The maximum atomic E-state index is 11.2. The number of carbonyl (C=O) groups is 1. The Morgan fingerprint density at radius 2 is 2.09 bits per heavy atom. The first kappa shape index (κ1) is 16.7. The Hall–Kier alpha value is -1.71. The summed E-state index contributed by atoms with van der Waals surface area (Å²) in [6.07, 6.45) is -3.67. The largest absolute Gasteiger partial charge is 0.478 e. The number of anilines is 1. The summed E-state index contributed by atoms with van der Waals surface area (Å²) in [7, 11) is 1.29. The standard InChI is InChI=1S/C14H19NO7/c1-21-14(12(18)11(17)10(6-16)22-14)7-15-9-5-3-2-4-8(9)13(19)20/h2-5,10-12,15-18H,6-7H2,1H3,(H,19,20)/t10-,11-,12+,14+/m1/s1. The van der Waals surface area contributed by atoms with Gasteiger partial charge in [0, 0.05) is 12.8 Å². The molecule has 0 spiro atoms. The second-order valence-electron chi connectivity index (χ2n) is 4.99. The number of carboxylic acid groups (broad SMARTS) is 1. The van der Waals surface area contributed by atoms with Crippen molar-refractivity contribution in [3.8, 4) is 0 Å². The fraction of sp³-hybridized carbons (Fsp3) is 0.500. The van der Waals surface area contributed by atoms with Gasteiger partial charge in [-0.25, -0.2) is 4.79 Å². The van der Waals surface area contributed by atoms with E-state index in [9.17, 15) is 15.0 Å². The van der Waals surface area contributed by atoms with E-state index in [1.807, 2.05) is 0 Å². The molecule has 22 heavy (non-hydrogen) atoms. The average molecular weight is 313 g/mol. The molecule has 1 aliphatic rings. The van der Waals surface area contributed by atoms with Gasteiger partial charge in [-0.05, 0) is 12.1 Å². The fourth-order valence-corrected chi connectivity index (χ4v) is 2.43. The van der Waals surface area contributed by atoms with Gasteiger partial charge in [0.05, 0.1) is 18.7 Å². The topological polar surface area (TPSA) is 128 Å². The Morgan fingerprint density at radius 3 is 2.64 bits per heavy atom. The number of methoxy groups -OCH3 is 1. The number of aliphatic hydroxyl groups is 3. The average Bonchev–Trinajstić information content (AvgIpc) is 2.78. The highest BCUT2D eigenvalue weighted by Gasteiger charge is 2.54. The van der Waals surface area contributed by atoms with Crippen molar-refractivity contribution in [1.29, 1.82) is 0 Å². The van der Waals surface area contributed by atoms with Crippen molar-refractivity contribution in [2.45, 2.75) is 24.1 Å². The number of benzene rings is 1. The van der Waals surface area contributed by atoms with Gasteiger partial charge >= 0.3 is 5.97 Å². The minimum absolute atomic E-state index is 0.0560. The zero-order valence-electron chi connectivity index (χ0n) is 12.0. The molecular formula is C14H19NO7. The molecule has 1 aromatic carbocycles. The zero-order chi connectivity index (χ0) is 16.3. The molecule has 0 radical (unpaired) electrons. The second kappa shape index (κ2) is 6.59. The molecule has 0 aliphatic carbocycles. The Balaban J connectivity index is 2.17. The number of nitrogens with one attached hydrogen (secondary N) is 1. The van der Waals surface area contributed by atoms with Crippen LogP contribution in [0.2, 0.25) is 0 Å². The van der Waals surface area contributed by atoms with Gasteiger partial charge in [0.25, 0.3) is 0 Å². The summed E-state index contributed by atoms with van der Waals surface area (Å²) in [5.74, 6) is -2.69. The number of aliphatic hydroxyl groups excluding tert-OH is 3. The number of para-hydroxylation sites is 1. The highest BCUT2D eigenvalue weighted by Crippen LogP contribution is 2.32. The van der Waals surface area contributed by atoms with E-state index < -0.39 is 36.7 Å². The van der Waals surface area contributed by atoms with Crippen LogP contribution >= 0.6 is 0 Å². The molecule has 0 amide bonds.